The minimum atomic E-state index is -4.31. The lowest BCUT2D eigenvalue weighted by atomic mass is 9.96. The normalized spacial score (nSPS) is 15.6. The van der Waals surface area contributed by atoms with Crippen molar-refractivity contribution in [3.05, 3.63) is 90.3 Å². The molecule has 3 aromatic carbocycles. The van der Waals surface area contributed by atoms with Gasteiger partial charge in [-0.25, -0.2) is 0 Å². The molecule has 1 aromatic heterocycles. The fourth-order valence-electron chi connectivity index (χ4n) is 4.51. The minimum Gasteiger partial charge on any atom is -0.481 e. The molecule has 194 valence electrons. The summed E-state index contributed by atoms with van der Waals surface area (Å²) in [5.74, 6) is -0.841. The number of thioether (sulfide) groups is 1. The van der Waals surface area contributed by atoms with Gasteiger partial charge < -0.3 is 5.11 Å². The molecule has 0 aliphatic carbocycles. The number of aromatic nitrogens is 2. The van der Waals surface area contributed by atoms with Crippen molar-refractivity contribution < 1.29 is 23.1 Å². The minimum absolute atomic E-state index is 0.0617. The lowest BCUT2D eigenvalue weighted by molar-refractivity contribution is -0.137. The maximum atomic E-state index is 12.6. The Morgan fingerprint density at radius 2 is 1.55 bits per heavy atom. The number of hydrogen-bond acceptors (Lipinski definition) is 6. The molecule has 0 saturated carbocycles. The second-order valence-corrected chi connectivity index (χ2v) is 10.0. The van der Waals surface area contributed by atoms with E-state index in [9.17, 15) is 18.0 Å². The number of alkyl halides is 3. The summed E-state index contributed by atoms with van der Waals surface area (Å²) < 4.78 is 37.8. The number of carbonyl (C=O) groups is 1. The Hall–Kier alpha value is -3.92. The molecule has 0 bridgehead atoms. The van der Waals surface area contributed by atoms with Crippen molar-refractivity contribution in [1.29, 1.82) is 0 Å². The second kappa shape index (κ2) is 10.8. The number of fused-ring (bicyclic) bond motifs is 1. The fraction of sp³-hybridized carbons (Fsp3) is 0.214. The van der Waals surface area contributed by atoms with Gasteiger partial charge in [0.05, 0.1) is 22.8 Å². The van der Waals surface area contributed by atoms with Crippen molar-refractivity contribution in [2.75, 3.05) is 6.54 Å². The number of carboxylic acids is 1. The molecule has 0 saturated heterocycles. The average Bonchev–Trinajstić information content (AvgIpc) is 3.32. The van der Waals surface area contributed by atoms with Gasteiger partial charge in [-0.3, -0.25) is 19.8 Å². The van der Waals surface area contributed by atoms with E-state index >= 15 is 0 Å². The highest BCUT2D eigenvalue weighted by molar-refractivity contribution is 8.00. The van der Waals surface area contributed by atoms with Crippen LogP contribution in [0.25, 0.3) is 22.2 Å². The predicted molar refractivity (Wildman–Crippen MR) is 141 cm³/mol. The molecular weight excluding hydrogens is 513 g/mol. The van der Waals surface area contributed by atoms with Gasteiger partial charge in [0.15, 0.2) is 0 Å². The summed E-state index contributed by atoms with van der Waals surface area (Å²) in [6.45, 7) is 0.499. The van der Waals surface area contributed by atoms with Gasteiger partial charge in [0, 0.05) is 36.7 Å². The van der Waals surface area contributed by atoms with E-state index in [1.807, 2.05) is 47.5 Å². The van der Waals surface area contributed by atoms with Gasteiger partial charge in [0.1, 0.15) is 0 Å². The first-order valence-electron chi connectivity index (χ1n) is 12.0. The molecule has 2 heterocycles. The Labute approximate surface area is 221 Å². The molecule has 6 nitrogen and oxygen atoms in total. The zero-order valence-corrected chi connectivity index (χ0v) is 20.9. The quantitative estimate of drug-likeness (QED) is 0.246. The maximum absolute atomic E-state index is 12.6. The molecule has 1 atom stereocenters. The third-order valence-electron chi connectivity index (χ3n) is 6.29. The number of hydrogen-bond donors (Lipinski definition) is 1. The van der Waals surface area contributed by atoms with Crippen molar-refractivity contribution in [3.8, 4) is 11.1 Å². The Bertz CT molecular complexity index is 1470. The van der Waals surface area contributed by atoms with Gasteiger partial charge in [-0.2, -0.15) is 18.3 Å². The summed E-state index contributed by atoms with van der Waals surface area (Å²) >= 11 is -0.130. The highest BCUT2D eigenvalue weighted by atomic mass is 32.2. The van der Waals surface area contributed by atoms with Crippen LogP contribution in [-0.4, -0.2) is 43.8 Å². The van der Waals surface area contributed by atoms with Crippen LogP contribution in [0.15, 0.2) is 89.1 Å². The molecule has 4 aromatic rings. The van der Waals surface area contributed by atoms with E-state index in [1.165, 1.54) is 12.1 Å². The van der Waals surface area contributed by atoms with Crippen LogP contribution in [0, 0.1) is 0 Å². The first kappa shape index (κ1) is 25.7. The van der Waals surface area contributed by atoms with E-state index in [0.717, 1.165) is 39.0 Å². The molecular formula is C28H23F3N4O2S. The summed E-state index contributed by atoms with van der Waals surface area (Å²) in [5.41, 5.74) is 1.82. The monoisotopic (exact) mass is 536 g/mol. The summed E-state index contributed by atoms with van der Waals surface area (Å²) in [5, 5.41) is 15.9. The highest BCUT2D eigenvalue weighted by Gasteiger charge is 2.30. The van der Waals surface area contributed by atoms with E-state index in [-0.39, 0.29) is 29.1 Å². The summed E-state index contributed by atoms with van der Waals surface area (Å²) in [6, 6.07) is 19.9. The Morgan fingerprint density at radius 3 is 2.21 bits per heavy atom. The Balaban J connectivity index is 1.36. The molecule has 10 heteroatoms. The number of aliphatic carboxylic acids is 1. The SMILES string of the molecule is O=C(O)CCCN1N=C(c2ccc(-c3ccc(SC(F)(F)F)cc3)cc2)CC1c1ccc2nccnc2c1. The van der Waals surface area contributed by atoms with Gasteiger partial charge in [0.2, 0.25) is 0 Å². The van der Waals surface area contributed by atoms with Crippen LogP contribution in [0.2, 0.25) is 0 Å². The highest BCUT2D eigenvalue weighted by Crippen LogP contribution is 2.38. The Kier molecular flexibility index (Phi) is 7.33. The number of rotatable bonds is 8. The van der Waals surface area contributed by atoms with Crippen molar-refractivity contribution >= 4 is 34.5 Å². The third kappa shape index (κ3) is 6.13. The van der Waals surface area contributed by atoms with Crippen LogP contribution in [0.3, 0.4) is 0 Å². The molecule has 1 N–H and O–H groups in total. The summed E-state index contributed by atoms with van der Waals surface area (Å²) in [4.78, 5) is 20.0. The van der Waals surface area contributed by atoms with Gasteiger partial charge in [-0.05, 0) is 64.7 Å². The third-order valence-corrected chi connectivity index (χ3v) is 7.03. The topological polar surface area (TPSA) is 78.7 Å². The number of nitrogens with zero attached hydrogens (tertiary/aromatic N) is 4. The lowest BCUT2D eigenvalue weighted by Gasteiger charge is -2.23. The van der Waals surface area contributed by atoms with E-state index in [4.69, 9.17) is 10.2 Å². The van der Waals surface area contributed by atoms with Gasteiger partial charge in [-0.15, -0.1) is 0 Å². The van der Waals surface area contributed by atoms with Crippen LogP contribution in [-0.2, 0) is 4.79 Å². The van der Waals surface area contributed by atoms with Crippen molar-refractivity contribution in [2.24, 2.45) is 5.10 Å². The fourth-order valence-corrected chi connectivity index (χ4v) is 5.05. The van der Waals surface area contributed by atoms with Crippen LogP contribution >= 0.6 is 11.8 Å². The zero-order chi connectivity index (χ0) is 26.7. The summed E-state index contributed by atoms with van der Waals surface area (Å²) in [6.07, 6.45) is 4.47. The Morgan fingerprint density at radius 1 is 0.921 bits per heavy atom. The van der Waals surface area contributed by atoms with E-state index in [2.05, 4.69) is 9.97 Å². The molecule has 38 heavy (non-hydrogen) atoms. The van der Waals surface area contributed by atoms with Crippen molar-refractivity contribution in [3.63, 3.8) is 0 Å². The molecule has 0 radical (unpaired) electrons. The van der Waals surface area contributed by atoms with E-state index in [1.54, 1.807) is 24.5 Å². The molecule has 0 fully saturated rings. The number of halogens is 3. The lowest BCUT2D eigenvalue weighted by Crippen LogP contribution is -2.21. The number of benzene rings is 3. The van der Waals surface area contributed by atoms with Gasteiger partial charge in [0.25, 0.3) is 0 Å². The molecule has 1 unspecified atom stereocenters. The molecule has 0 spiro atoms. The van der Waals surface area contributed by atoms with Crippen molar-refractivity contribution in [1.82, 2.24) is 15.0 Å². The molecule has 0 amide bonds. The van der Waals surface area contributed by atoms with Crippen LogP contribution in [0.5, 0.6) is 0 Å². The smallest absolute Gasteiger partial charge is 0.446 e. The maximum Gasteiger partial charge on any atom is 0.446 e. The molecule has 5 rings (SSSR count). The van der Waals surface area contributed by atoms with Crippen LogP contribution < -0.4 is 0 Å². The van der Waals surface area contributed by atoms with Crippen LogP contribution in [0.4, 0.5) is 13.2 Å². The van der Waals surface area contributed by atoms with E-state index < -0.39 is 11.5 Å². The number of hydrazone groups is 1. The first-order chi connectivity index (χ1) is 18.2. The van der Waals surface area contributed by atoms with Crippen molar-refractivity contribution in [2.45, 2.75) is 35.7 Å². The number of carboxylic acid groups (broad SMARTS) is 1. The first-order valence-corrected chi connectivity index (χ1v) is 12.8. The molecule has 1 aliphatic heterocycles. The summed E-state index contributed by atoms with van der Waals surface area (Å²) in [7, 11) is 0. The van der Waals surface area contributed by atoms with Gasteiger partial charge in [-0.1, -0.05) is 42.5 Å². The largest absolute Gasteiger partial charge is 0.481 e. The van der Waals surface area contributed by atoms with E-state index in [0.29, 0.717) is 19.4 Å². The second-order valence-electron chi connectivity index (χ2n) is 8.88. The predicted octanol–water partition coefficient (Wildman–Crippen LogP) is 6.92. The van der Waals surface area contributed by atoms with Gasteiger partial charge >= 0.3 is 11.5 Å². The standard InChI is InChI=1S/C28H23F3N4O2S/c29-28(30,31)38-22-10-7-19(8-11-22)18-3-5-20(6-4-18)24-17-26(35(34-24)15-1-2-27(36)37)21-9-12-23-25(16-21)33-14-13-32-23/h3-14,16,26H,1-2,15,17H2,(H,36,37). The average molecular weight is 537 g/mol. The zero-order valence-electron chi connectivity index (χ0n) is 20.1. The molecule has 1 aliphatic rings. The van der Waals surface area contributed by atoms with Crippen LogP contribution in [0.1, 0.15) is 36.4 Å².